The number of halogens is 3. The Kier molecular flexibility index (Phi) is 5.68. The molecule has 1 amide bonds. The number of rotatable bonds is 3. The minimum atomic E-state index is -0.791. The van der Waals surface area contributed by atoms with Crippen LogP contribution in [0, 0.1) is 5.82 Å². The van der Waals surface area contributed by atoms with E-state index in [0.717, 1.165) is 6.07 Å². The average molecular weight is 440 g/mol. The number of nitrogens with zero attached hydrogens (tertiary/aromatic N) is 1. The van der Waals surface area contributed by atoms with Gasteiger partial charge in [0.2, 0.25) is 0 Å². The third kappa shape index (κ3) is 4.60. The number of fused-ring (bicyclic) bond motifs is 1. The largest absolute Gasteiger partial charge is 0.451 e. The van der Waals surface area contributed by atoms with Crippen LogP contribution in [0.4, 0.5) is 14.9 Å². The Balaban J connectivity index is 1.97. The van der Waals surface area contributed by atoms with E-state index in [0.29, 0.717) is 5.52 Å². The summed E-state index contributed by atoms with van der Waals surface area (Å²) >= 11 is 12.5. The molecule has 0 fully saturated rings. The summed E-state index contributed by atoms with van der Waals surface area (Å²) in [6.07, 6.45) is 0.474. The third-order valence-corrected chi connectivity index (χ3v) is 4.36. The summed E-state index contributed by atoms with van der Waals surface area (Å²) in [5.74, 6) is -1.17. The van der Waals surface area contributed by atoms with Crippen molar-refractivity contribution in [2.45, 2.75) is 26.4 Å². The molecular weight excluding hydrogens is 424 g/mol. The minimum absolute atomic E-state index is 0.00659. The van der Waals surface area contributed by atoms with Crippen LogP contribution in [0.5, 0.6) is 11.5 Å². The van der Waals surface area contributed by atoms with Gasteiger partial charge in [-0.05, 0) is 45.0 Å². The maximum absolute atomic E-state index is 14.4. The summed E-state index contributed by atoms with van der Waals surface area (Å²) in [5, 5.41) is 2.27. The molecule has 0 bridgehead atoms. The molecule has 0 radical (unpaired) electrons. The Bertz CT molecular complexity index is 1160. The van der Waals surface area contributed by atoms with Crippen LogP contribution in [-0.2, 0) is 4.74 Å². The first kappa shape index (κ1) is 20.9. The molecule has 0 aliphatic rings. The second kappa shape index (κ2) is 7.88. The molecule has 0 aliphatic heterocycles. The molecule has 1 aromatic heterocycles. The van der Waals surface area contributed by atoms with Gasteiger partial charge < -0.3 is 14.5 Å². The summed E-state index contributed by atoms with van der Waals surface area (Å²) in [6, 6.07) is 5.27. The molecule has 1 heterocycles. The van der Waals surface area contributed by atoms with Gasteiger partial charge in [-0.15, -0.1) is 0 Å². The van der Waals surface area contributed by atoms with E-state index in [1.807, 2.05) is 0 Å². The van der Waals surface area contributed by atoms with E-state index in [4.69, 9.17) is 32.7 Å². The lowest BCUT2D eigenvalue weighted by atomic mass is 10.2. The Morgan fingerprint density at radius 1 is 1.17 bits per heavy atom. The van der Waals surface area contributed by atoms with Crippen molar-refractivity contribution in [3.8, 4) is 11.5 Å². The van der Waals surface area contributed by atoms with Crippen LogP contribution in [-0.4, -0.2) is 21.7 Å². The zero-order valence-corrected chi connectivity index (χ0v) is 17.1. The molecule has 7 nitrogen and oxygen atoms in total. The van der Waals surface area contributed by atoms with Crippen LogP contribution in [0.25, 0.3) is 10.9 Å². The lowest BCUT2D eigenvalue weighted by molar-refractivity contribution is 0.0636. The van der Waals surface area contributed by atoms with Crippen molar-refractivity contribution < 1.29 is 18.7 Å². The summed E-state index contributed by atoms with van der Waals surface area (Å²) in [6.45, 7) is 5.10. The van der Waals surface area contributed by atoms with Crippen molar-refractivity contribution in [3.63, 3.8) is 0 Å². The van der Waals surface area contributed by atoms with E-state index in [9.17, 15) is 14.0 Å². The topological polar surface area (TPSA) is 93.3 Å². The average Bonchev–Trinajstić information content (AvgIpc) is 2.61. The lowest BCUT2D eigenvalue weighted by Crippen LogP contribution is -2.27. The van der Waals surface area contributed by atoms with Gasteiger partial charge in [-0.2, -0.15) is 0 Å². The standard InChI is InChI=1S/C19H16Cl2FN3O4/c1-19(2,3)29-18(27)25-11-5-4-9(22)16(14(11)20)28-12-7-6-10-13(15(12)21)17(26)24-8-23-10/h4-8H,1-3H3,(H,25,27)(H,23,24,26). The van der Waals surface area contributed by atoms with Crippen molar-refractivity contribution >= 4 is 45.9 Å². The Hall–Kier alpha value is -2.84. The van der Waals surface area contributed by atoms with Gasteiger partial charge in [0.15, 0.2) is 11.6 Å². The number of aromatic amines is 1. The highest BCUT2D eigenvalue weighted by Gasteiger charge is 2.21. The number of aromatic nitrogens is 2. The number of hydrogen-bond acceptors (Lipinski definition) is 5. The first-order valence-corrected chi connectivity index (χ1v) is 9.14. The van der Waals surface area contributed by atoms with Crippen LogP contribution in [0.1, 0.15) is 20.8 Å². The summed E-state index contributed by atoms with van der Waals surface area (Å²) < 4.78 is 25.1. The first-order chi connectivity index (χ1) is 13.6. The molecule has 0 saturated heterocycles. The molecular formula is C19H16Cl2FN3O4. The zero-order chi connectivity index (χ0) is 21.3. The molecule has 0 aliphatic carbocycles. The minimum Gasteiger partial charge on any atom is -0.451 e. The van der Waals surface area contributed by atoms with Gasteiger partial charge in [0, 0.05) is 0 Å². The number of anilines is 1. The Morgan fingerprint density at radius 3 is 2.59 bits per heavy atom. The number of benzene rings is 2. The summed E-state index contributed by atoms with van der Waals surface area (Å²) in [5.41, 5.74) is -0.778. The Labute approximate surface area is 174 Å². The molecule has 10 heteroatoms. The summed E-state index contributed by atoms with van der Waals surface area (Å²) in [7, 11) is 0. The molecule has 152 valence electrons. The molecule has 2 aromatic carbocycles. The number of hydrogen-bond donors (Lipinski definition) is 2. The normalized spacial score (nSPS) is 11.4. The van der Waals surface area contributed by atoms with Crippen molar-refractivity contribution in [3.05, 3.63) is 56.8 Å². The van der Waals surface area contributed by atoms with Gasteiger partial charge in [0.25, 0.3) is 5.56 Å². The van der Waals surface area contributed by atoms with Crippen LogP contribution < -0.4 is 15.6 Å². The maximum atomic E-state index is 14.4. The van der Waals surface area contributed by atoms with Crippen molar-refractivity contribution in [1.82, 2.24) is 9.97 Å². The molecule has 29 heavy (non-hydrogen) atoms. The van der Waals surface area contributed by atoms with Gasteiger partial charge in [0.1, 0.15) is 16.4 Å². The highest BCUT2D eigenvalue weighted by Crippen LogP contribution is 2.40. The fourth-order valence-electron chi connectivity index (χ4n) is 2.43. The predicted octanol–water partition coefficient (Wildman–Crippen LogP) is 5.51. The van der Waals surface area contributed by atoms with Gasteiger partial charge in [-0.25, -0.2) is 14.2 Å². The van der Waals surface area contributed by atoms with Gasteiger partial charge in [-0.3, -0.25) is 10.1 Å². The first-order valence-electron chi connectivity index (χ1n) is 8.38. The third-order valence-electron chi connectivity index (χ3n) is 3.61. The highest BCUT2D eigenvalue weighted by molar-refractivity contribution is 6.37. The van der Waals surface area contributed by atoms with Crippen molar-refractivity contribution in [1.29, 1.82) is 0 Å². The zero-order valence-electron chi connectivity index (χ0n) is 15.6. The van der Waals surface area contributed by atoms with Crippen molar-refractivity contribution in [2.75, 3.05) is 5.32 Å². The number of nitrogens with one attached hydrogen (secondary N) is 2. The predicted molar refractivity (Wildman–Crippen MR) is 109 cm³/mol. The maximum Gasteiger partial charge on any atom is 0.412 e. The van der Waals surface area contributed by atoms with Crippen LogP contribution in [0.3, 0.4) is 0 Å². The van der Waals surface area contributed by atoms with E-state index < -0.39 is 23.1 Å². The summed E-state index contributed by atoms with van der Waals surface area (Å²) in [4.78, 5) is 30.4. The number of ether oxygens (including phenoxy) is 2. The quantitative estimate of drug-likeness (QED) is 0.561. The van der Waals surface area contributed by atoms with Crippen LogP contribution in [0.2, 0.25) is 10.0 Å². The fraction of sp³-hybridized carbons (Fsp3) is 0.211. The van der Waals surface area contributed by atoms with E-state index in [1.165, 1.54) is 24.5 Å². The molecule has 0 spiro atoms. The molecule has 0 unspecified atom stereocenters. The molecule has 2 N–H and O–H groups in total. The van der Waals surface area contributed by atoms with Gasteiger partial charge in [0.05, 0.1) is 27.9 Å². The second-order valence-electron chi connectivity index (χ2n) is 6.97. The number of carbonyl (C=O) groups excluding carboxylic acids is 1. The smallest absolute Gasteiger partial charge is 0.412 e. The Morgan fingerprint density at radius 2 is 1.90 bits per heavy atom. The van der Waals surface area contributed by atoms with E-state index in [1.54, 1.807) is 20.8 Å². The molecule has 0 atom stereocenters. The van der Waals surface area contributed by atoms with E-state index in [-0.39, 0.29) is 32.6 Å². The number of H-pyrrole nitrogens is 1. The van der Waals surface area contributed by atoms with E-state index >= 15 is 0 Å². The molecule has 0 saturated carbocycles. The van der Waals surface area contributed by atoms with Gasteiger partial charge >= 0.3 is 6.09 Å². The van der Waals surface area contributed by atoms with Crippen LogP contribution in [0.15, 0.2) is 35.4 Å². The fourth-order valence-corrected chi connectivity index (χ4v) is 2.95. The number of amides is 1. The SMILES string of the molecule is CC(C)(C)OC(=O)Nc1ccc(F)c(Oc2ccc3nc[nH]c(=O)c3c2Cl)c1Cl. The van der Waals surface area contributed by atoms with Gasteiger partial charge in [-0.1, -0.05) is 23.2 Å². The molecule has 3 aromatic rings. The highest BCUT2D eigenvalue weighted by atomic mass is 35.5. The molecule has 3 rings (SSSR count). The second-order valence-corrected chi connectivity index (χ2v) is 7.73. The monoisotopic (exact) mass is 439 g/mol. The van der Waals surface area contributed by atoms with E-state index in [2.05, 4.69) is 15.3 Å². The lowest BCUT2D eigenvalue weighted by Gasteiger charge is -2.20. The number of carbonyl (C=O) groups is 1. The van der Waals surface area contributed by atoms with Crippen LogP contribution >= 0.6 is 23.2 Å². The van der Waals surface area contributed by atoms with Crippen molar-refractivity contribution in [2.24, 2.45) is 0 Å².